The van der Waals surface area contributed by atoms with Crippen LogP contribution in [0.4, 0.5) is 36.2 Å². The summed E-state index contributed by atoms with van der Waals surface area (Å²) in [6, 6.07) is 12.5. The van der Waals surface area contributed by atoms with Crippen LogP contribution < -0.4 is 10.2 Å². The molecule has 0 saturated carbocycles. The fraction of sp³-hybridized carbons (Fsp3) is 0.269. The number of aromatic nitrogens is 4. The summed E-state index contributed by atoms with van der Waals surface area (Å²) in [4.78, 5) is 21.6. The van der Waals surface area contributed by atoms with E-state index in [1.54, 1.807) is 17.0 Å². The summed E-state index contributed by atoms with van der Waals surface area (Å²) in [5.41, 5.74) is 0.877. The molecule has 214 valence electrons. The second kappa shape index (κ2) is 10.8. The first-order valence-corrected chi connectivity index (χ1v) is 14.3. The number of sulfone groups is 1. The molecule has 2 N–H and O–H groups in total. The third kappa shape index (κ3) is 6.14. The van der Waals surface area contributed by atoms with Gasteiger partial charge in [0.15, 0.2) is 9.84 Å². The number of hydrogen-bond acceptors (Lipinski definition) is 9. The Bertz CT molecular complexity index is 1680. The molecule has 0 bridgehead atoms. The Morgan fingerprint density at radius 3 is 2.41 bits per heavy atom. The lowest BCUT2D eigenvalue weighted by atomic mass is 9.93. The van der Waals surface area contributed by atoms with Crippen LogP contribution in [-0.2, 0) is 16.0 Å². The standard InChI is InChI=1S/C26H24F3N7O4S/c1-41(39,40)20-7-5-19(6-8-20)32-24-23(36(37)38)25(31-15-30-24)35-11-9-16(10-12-35)21-14-22(34-33-21)17-3-2-4-18(13-17)26(27,28)29/h2-8,13-16H,9-12H2,1H3,(H,33,34)(H,30,31,32). The van der Waals surface area contributed by atoms with E-state index in [-0.39, 0.29) is 28.1 Å². The largest absolute Gasteiger partial charge is 0.416 e. The van der Waals surface area contributed by atoms with Crippen LogP contribution in [0.15, 0.2) is 65.8 Å². The van der Waals surface area contributed by atoms with E-state index in [1.807, 2.05) is 0 Å². The Hall–Kier alpha value is -4.53. The average molecular weight is 588 g/mol. The van der Waals surface area contributed by atoms with Crippen molar-refractivity contribution in [1.82, 2.24) is 20.2 Å². The maximum Gasteiger partial charge on any atom is 0.416 e. The molecule has 2 aromatic carbocycles. The van der Waals surface area contributed by atoms with E-state index in [4.69, 9.17) is 0 Å². The number of nitrogens with one attached hydrogen (secondary N) is 2. The van der Waals surface area contributed by atoms with Gasteiger partial charge in [-0.1, -0.05) is 12.1 Å². The fourth-order valence-electron chi connectivity index (χ4n) is 4.73. The average Bonchev–Trinajstić information content (AvgIpc) is 3.43. The first-order chi connectivity index (χ1) is 19.4. The number of alkyl halides is 3. The van der Waals surface area contributed by atoms with Gasteiger partial charge >= 0.3 is 11.9 Å². The second-order valence-electron chi connectivity index (χ2n) is 9.62. The van der Waals surface area contributed by atoms with Crippen LogP contribution in [0.2, 0.25) is 0 Å². The zero-order valence-corrected chi connectivity index (χ0v) is 22.4. The lowest BCUT2D eigenvalue weighted by Gasteiger charge is -2.32. The maximum atomic E-state index is 13.1. The van der Waals surface area contributed by atoms with Crippen LogP contribution in [-0.4, -0.2) is 52.9 Å². The highest BCUT2D eigenvalue weighted by Crippen LogP contribution is 2.38. The normalized spacial score (nSPS) is 14.7. The molecule has 4 aromatic rings. The van der Waals surface area contributed by atoms with Crippen molar-refractivity contribution >= 4 is 32.8 Å². The van der Waals surface area contributed by atoms with Crippen molar-refractivity contribution in [3.63, 3.8) is 0 Å². The number of piperidine rings is 1. The van der Waals surface area contributed by atoms with E-state index in [0.717, 1.165) is 24.1 Å². The van der Waals surface area contributed by atoms with Crippen LogP contribution >= 0.6 is 0 Å². The number of anilines is 3. The number of rotatable bonds is 7. The topological polar surface area (TPSA) is 147 Å². The lowest BCUT2D eigenvalue weighted by molar-refractivity contribution is -0.383. The molecule has 0 aliphatic carbocycles. The minimum atomic E-state index is -4.45. The molecule has 5 rings (SSSR count). The van der Waals surface area contributed by atoms with Gasteiger partial charge in [0.25, 0.3) is 0 Å². The molecule has 15 heteroatoms. The molecule has 0 unspecified atom stereocenters. The SMILES string of the molecule is CS(=O)(=O)c1ccc(Nc2ncnc(N3CCC(c4cc(-c5cccc(C(F)(F)F)c5)n[nH]4)CC3)c2[N+](=O)[O-])cc1. The molecule has 11 nitrogen and oxygen atoms in total. The zero-order valence-electron chi connectivity index (χ0n) is 21.6. The van der Waals surface area contributed by atoms with Crippen LogP contribution in [0.1, 0.15) is 30.0 Å². The van der Waals surface area contributed by atoms with Crippen molar-refractivity contribution in [3.8, 4) is 11.3 Å². The lowest BCUT2D eigenvalue weighted by Crippen LogP contribution is -2.34. The van der Waals surface area contributed by atoms with Gasteiger partial charge in [-0.15, -0.1) is 0 Å². The van der Waals surface area contributed by atoms with E-state index in [2.05, 4.69) is 25.5 Å². The van der Waals surface area contributed by atoms with Crippen molar-refractivity contribution in [1.29, 1.82) is 0 Å². The van der Waals surface area contributed by atoms with E-state index in [0.29, 0.717) is 42.9 Å². The van der Waals surface area contributed by atoms with Crippen molar-refractivity contribution in [2.24, 2.45) is 0 Å². The number of aromatic amines is 1. The Kier molecular flexibility index (Phi) is 7.38. The van der Waals surface area contributed by atoms with E-state index >= 15 is 0 Å². The molecular weight excluding hydrogens is 563 g/mol. The molecule has 0 amide bonds. The number of nitro groups is 1. The summed E-state index contributed by atoms with van der Waals surface area (Å²) >= 11 is 0. The van der Waals surface area contributed by atoms with Gasteiger partial charge in [-0.2, -0.15) is 18.3 Å². The van der Waals surface area contributed by atoms with Gasteiger partial charge in [0, 0.05) is 42.2 Å². The highest BCUT2D eigenvalue weighted by Gasteiger charge is 2.32. The highest BCUT2D eigenvalue weighted by molar-refractivity contribution is 7.90. The summed E-state index contributed by atoms with van der Waals surface area (Å²) in [7, 11) is -3.40. The monoisotopic (exact) mass is 587 g/mol. The van der Waals surface area contributed by atoms with Crippen LogP contribution in [0.25, 0.3) is 11.3 Å². The van der Waals surface area contributed by atoms with Gasteiger partial charge in [-0.05, 0) is 55.3 Å². The van der Waals surface area contributed by atoms with Gasteiger partial charge in [0.1, 0.15) is 6.33 Å². The zero-order chi connectivity index (χ0) is 29.4. The molecule has 1 aliphatic heterocycles. The van der Waals surface area contributed by atoms with Crippen molar-refractivity contribution in [2.45, 2.75) is 29.8 Å². The number of halogens is 3. The third-order valence-electron chi connectivity index (χ3n) is 6.85. The Labute approximate surface area is 232 Å². The quantitative estimate of drug-likeness (QED) is 0.216. The van der Waals surface area contributed by atoms with E-state index < -0.39 is 26.5 Å². The predicted octanol–water partition coefficient (Wildman–Crippen LogP) is 5.32. The number of H-pyrrole nitrogens is 1. The molecule has 1 fully saturated rings. The number of benzene rings is 2. The number of nitrogens with zero attached hydrogens (tertiary/aromatic N) is 5. The van der Waals surface area contributed by atoms with Crippen LogP contribution in [0.5, 0.6) is 0 Å². The summed E-state index contributed by atoms with van der Waals surface area (Å²) in [6.45, 7) is 0.867. The first-order valence-electron chi connectivity index (χ1n) is 12.4. The molecule has 41 heavy (non-hydrogen) atoms. The van der Waals surface area contributed by atoms with Gasteiger partial charge in [-0.3, -0.25) is 15.2 Å². The molecule has 0 atom stereocenters. The van der Waals surface area contributed by atoms with Crippen LogP contribution in [0.3, 0.4) is 0 Å². The number of hydrogen-bond donors (Lipinski definition) is 2. The van der Waals surface area contributed by atoms with Crippen molar-refractivity contribution in [3.05, 3.63) is 82.3 Å². The summed E-state index contributed by atoms with van der Waals surface area (Å²) in [5.74, 6) is 0.131. The molecule has 1 saturated heterocycles. The van der Waals surface area contributed by atoms with E-state index in [1.165, 1.54) is 36.7 Å². The van der Waals surface area contributed by atoms with Crippen molar-refractivity contribution < 1.29 is 26.5 Å². The molecule has 1 aliphatic rings. The predicted molar refractivity (Wildman–Crippen MR) is 145 cm³/mol. The Morgan fingerprint density at radius 1 is 1.07 bits per heavy atom. The fourth-order valence-corrected chi connectivity index (χ4v) is 5.36. The summed E-state index contributed by atoms with van der Waals surface area (Å²) < 4.78 is 62.8. The minimum absolute atomic E-state index is 0.0187. The van der Waals surface area contributed by atoms with Gasteiger partial charge < -0.3 is 10.2 Å². The maximum absolute atomic E-state index is 13.1. The Morgan fingerprint density at radius 2 is 1.78 bits per heavy atom. The Balaban J connectivity index is 1.31. The molecule has 0 radical (unpaired) electrons. The van der Waals surface area contributed by atoms with Crippen LogP contribution in [0, 0.1) is 10.1 Å². The van der Waals surface area contributed by atoms with E-state index in [9.17, 15) is 31.7 Å². The molecule has 3 heterocycles. The molecule has 0 spiro atoms. The third-order valence-corrected chi connectivity index (χ3v) is 7.98. The second-order valence-corrected chi connectivity index (χ2v) is 11.6. The summed E-state index contributed by atoms with van der Waals surface area (Å²) in [5, 5.41) is 22.1. The first kappa shape index (κ1) is 28.0. The minimum Gasteiger partial charge on any atom is -0.351 e. The van der Waals surface area contributed by atoms with Gasteiger partial charge in [0.2, 0.25) is 11.6 Å². The van der Waals surface area contributed by atoms with Gasteiger partial charge in [0.05, 0.1) is 21.1 Å². The molecule has 2 aromatic heterocycles. The van der Waals surface area contributed by atoms with Gasteiger partial charge in [-0.25, -0.2) is 18.4 Å². The highest BCUT2D eigenvalue weighted by atomic mass is 32.2. The summed E-state index contributed by atoms with van der Waals surface area (Å²) in [6.07, 6.45) is -0.953. The van der Waals surface area contributed by atoms with Crippen molar-refractivity contribution in [2.75, 3.05) is 29.6 Å². The smallest absolute Gasteiger partial charge is 0.351 e. The molecular formula is C26H24F3N7O4S.